The van der Waals surface area contributed by atoms with Crippen LogP contribution in [0.3, 0.4) is 0 Å². The van der Waals surface area contributed by atoms with Gasteiger partial charge in [-0.2, -0.15) is 13.2 Å². The SMILES string of the molecule is Cc1cc(Nc2cnc(C(=O)Nc3cccc(C(F)(F)F)c3)cn2)no1. The van der Waals surface area contributed by atoms with Gasteiger partial charge >= 0.3 is 6.18 Å². The van der Waals surface area contributed by atoms with Gasteiger partial charge in [0.2, 0.25) is 0 Å². The van der Waals surface area contributed by atoms with Gasteiger partial charge in [-0.1, -0.05) is 11.2 Å². The van der Waals surface area contributed by atoms with Crippen LogP contribution in [0.4, 0.5) is 30.5 Å². The number of nitrogens with one attached hydrogen (secondary N) is 2. The number of benzene rings is 1. The molecule has 2 aromatic heterocycles. The van der Waals surface area contributed by atoms with Crippen molar-refractivity contribution in [2.24, 2.45) is 0 Å². The highest BCUT2D eigenvalue weighted by Gasteiger charge is 2.30. The standard InChI is InChI=1S/C16H12F3N5O2/c1-9-5-13(24-26-9)23-14-8-20-12(7-21-14)15(25)22-11-4-2-3-10(6-11)16(17,18)19/h2-8H,1H3,(H,22,25)(H,21,23,24). The normalized spacial score (nSPS) is 11.2. The first-order valence-electron chi connectivity index (χ1n) is 7.32. The molecule has 0 aliphatic rings. The zero-order valence-electron chi connectivity index (χ0n) is 13.3. The van der Waals surface area contributed by atoms with Gasteiger partial charge in [-0.25, -0.2) is 9.97 Å². The van der Waals surface area contributed by atoms with E-state index in [0.717, 1.165) is 12.1 Å². The Morgan fingerprint density at radius 1 is 1.12 bits per heavy atom. The Bertz CT molecular complexity index is 922. The van der Waals surface area contributed by atoms with E-state index < -0.39 is 17.6 Å². The zero-order chi connectivity index (χ0) is 18.7. The summed E-state index contributed by atoms with van der Waals surface area (Å²) in [5, 5.41) is 8.91. The molecule has 7 nitrogen and oxygen atoms in total. The van der Waals surface area contributed by atoms with Crippen LogP contribution in [-0.2, 0) is 6.18 Å². The maximum atomic E-state index is 12.7. The Kier molecular flexibility index (Phi) is 4.57. The minimum atomic E-state index is -4.49. The molecule has 1 amide bonds. The Morgan fingerprint density at radius 3 is 2.54 bits per heavy atom. The fourth-order valence-electron chi connectivity index (χ4n) is 2.03. The van der Waals surface area contributed by atoms with Gasteiger partial charge in [0.15, 0.2) is 5.82 Å². The largest absolute Gasteiger partial charge is 0.416 e. The molecule has 0 radical (unpaired) electrons. The minimum Gasteiger partial charge on any atom is -0.360 e. The Hall–Kier alpha value is -3.43. The number of aromatic nitrogens is 3. The number of amides is 1. The van der Waals surface area contributed by atoms with Gasteiger partial charge in [0.05, 0.1) is 18.0 Å². The van der Waals surface area contributed by atoms with Crippen LogP contribution < -0.4 is 10.6 Å². The number of nitrogens with zero attached hydrogens (tertiary/aromatic N) is 3. The van der Waals surface area contributed by atoms with Gasteiger partial charge in [-0.3, -0.25) is 4.79 Å². The smallest absolute Gasteiger partial charge is 0.360 e. The molecule has 2 heterocycles. The molecular formula is C16H12F3N5O2. The summed E-state index contributed by atoms with van der Waals surface area (Å²) in [5.74, 6) is 0.685. The van der Waals surface area contributed by atoms with Gasteiger partial charge in [0, 0.05) is 11.8 Å². The maximum absolute atomic E-state index is 12.7. The maximum Gasteiger partial charge on any atom is 0.416 e. The molecule has 0 bridgehead atoms. The number of hydrogen-bond donors (Lipinski definition) is 2. The van der Waals surface area contributed by atoms with E-state index in [2.05, 4.69) is 25.8 Å². The van der Waals surface area contributed by atoms with E-state index in [0.29, 0.717) is 17.4 Å². The summed E-state index contributed by atoms with van der Waals surface area (Å²) in [4.78, 5) is 20.0. The summed E-state index contributed by atoms with van der Waals surface area (Å²) in [6, 6.07) is 5.96. The molecule has 3 rings (SSSR count). The zero-order valence-corrected chi connectivity index (χ0v) is 13.3. The van der Waals surface area contributed by atoms with Crippen LogP contribution in [0.25, 0.3) is 0 Å². The molecule has 0 saturated carbocycles. The monoisotopic (exact) mass is 363 g/mol. The first kappa shape index (κ1) is 17.4. The molecule has 134 valence electrons. The molecule has 0 atom stereocenters. The number of hydrogen-bond acceptors (Lipinski definition) is 6. The van der Waals surface area contributed by atoms with Crippen LogP contribution in [0.15, 0.2) is 47.2 Å². The van der Waals surface area contributed by atoms with E-state index in [1.54, 1.807) is 13.0 Å². The molecule has 0 spiro atoms. The van der Waals surface area contributed by atoms with Crippen molar-refractivity contribution in [3.63, 3.8) is 0 Å². The van der Waals surface area contributed by atoms with E-state index in [1.165, 1.54) is 24.5 Å². The molecule has 3 aromatic rings. The van der Waals surface area contributed by atoms with Gasteiger partial charge in [-0.15, -0.1) is 0 Å². The third kappa shape index (κ3) is 4.15. The lowest BCUT2D eigenvalue weighted by Gasteiger charge is -2.09. The van der Waals surface area contributed by atoms with Crippen molar-refractivity contribution in [3.8, 4) is 0 Å². The van der Waals surface area contributed by atoms with Crippen LogP contribution in [0, 0.1) is 6.92 Å². The minimum absolute atomic E-state index is 0.00639. The van der Waals surface area contributed by atoms with Crippen molar-refractivity contribution in [1.82, 2.24) is 15.1 Å². The summed E-state index contributed by atoms with van der Waals surface area (Å²) in [6.07, 6.45) is -2.00. The second kappa shape index (κ2) is 6.82. The second-order valence-corrected chi connectivity index (χ2v) is 5.27. The Morgan fingerprint density at radius 2 is 1.92 bits per heavy atom. The van der Waals surface area contributed by atoms with Crippen LogP contribution in [0.5, 0.6) is 0 Å². The molecule has 1 aromatic carbocycles. The van der Waals surface area contributed by atoms with E-state index >= 15 is 0 Å². The van der Waals surface area contributed by atoms with Crippen LogP contribution in [-0.4, -0.2) is 21.0 Å². The van der Waals surface area contributed by atoms with Gasteiger partial charge in [0.1, 0.15) is 17.3 Å². The van der Waals surface area contributed by atoms with Crippen molar-refractivity contribution in [3.05, 3.63) is 59.7 Å². The molecule has 2 N–H and O–H groups in total. The number of carbonyl (C=O) groups excluding carboxylic acids is 1. The first-order chi connectivity index (χ1) is 12.3. The van der Waals surface area contributed by atoms with Crippen LogP contribution in [0.2, 0.25) is 0 Å². The molecule has 0 aliphatic heterocycles. The van der Waals surface area contributed by atoms with E-state index in [1.807, 2.05) is 0 Å². The highest BCUT2D eigenvalue weighted by Crippen LogP contribution is 2.30. The predicted molar refractivity (Wildman–Crippen MR) is 86.0 cm³/mol. The molecule has 0 aliphatic carbocycles. The van der Waals surface area contributed by atoms with Crippen molar-refractivity contribution < 1.29 is 22.5 Å². The lowest BCUT2D eigenvalue weighted by atomic mass is 10.2. The fourth-order valence-corrected chi connectivity index (χ4v) is 2.03. The molecule has 0 fully saturated rings. The number of aryl methyl sites for hydroxylation is 1. The van der Waals surface area contributed by atoms with Crippen molar-refractivity contribution in [2.45, 2.75) is 13.1 Å². The fraction of sp³-hybridized carbons (Fsp3) is 0.125. The van der Waals surface area contributed by atoms with Crippen molar-refractivity contribution in [1.29, 1.82) is 0 Å². The summed E-state index contributed by atoms with van der Waals surface area (Å²) in [5.41, 5.74) is -0.903. The quantitative estimate of drug-likeness (QED) is 0.733. The Balaban J connectivity index is 1.68. The van der Waals surface area contributed by atoms with Gasteiger partial charge < -0.3 is 15.2 Å². The predicted octanol–water partition coefficient (Wildman–Crippen LogP) is 3.79. The highest BCUT2D eigenvalue weighted by molar-refractivity contribution is 6.02. The number of carbonyl (C=O) groups is 1. The van der Waals surface area contributed by atoms with Crippen molar-refractivity contribution in [2.75, 3.05) is 10.6 Å². The first-order valence-corrected chi connectivity index (χ1v) is 7.32. The van der Waals surface area contributed by atoms with E-state index in [4.69, 9.17) is 4.52 Å². The average molecular weight is 363 g/mol. The number of rotatable bonds is 4. The van der Waals surface area contributed by atoms with Crippen LogP contribution >= 0.6 is 0 Å². The van der Waals surface area contributed by atoms with Crippen molar-refractivity contribution >= 4 is 23.2 Å². The molecule has 10 heteroatoms. The molecule has 26 heavy (non-hydrogen) atoms. The average Bonchev–Trinajstić information content (AvgIpc) is 3.00. The van der Waals surface area contributed by atoms with Crippen LogP contribution in [0.1, 0.15) is 21.8 Å². The topological polar surface area (TPSA) is 92.9 Å². The Labute approximate surface area is 145 Å². The summed E-state index contributed by atoms with van der Waals surface area (Å²) in [7, 11) is 0. The molecular weight excluding hydrogens is 351 g/mol. The summed E-state index contributed by atoms with van der Waals surface area (Å²) < 4.78 is 43.0. The lowest BCUT2D eigenvalue weighted by molar-refractivity contribution is -0.137. The third-order valence-electron chi connectivity index (χ3n) is 3.22. The van der Waals surface area contributed by atoms with Gasteiger partial charge in [0.25, 0.3) is 5.91 Å². The summed E-state index contributed by atoms with van der Waals surface area (Å²) >= 11 is 0. The van der Waals surface area contributed by atoms with E-state index in [9.17, 15) is 18.0 Å². The third-order valence-corrected chi connectivity index (χ3v) is 3.22. The summed E-state index contributed by atoms with van der Waals surface area (Å²) in [6.45, 7) is 1.73. The number of anilines is 3. The highest BCUT2D eigenvalue weighted by atomic mass is 19.4. The molecule has 0 unspecified atom stereocenters. The molecule has 0 saturated heterocycles. The number of halogens is 3. The number of alkyl halides is 3. The second-order valence-electron chi connectivity index (χ2n) is 5.27. The van der Waals surface area contributed by atoms with Gasteiger partial charge in [-0.05, 0) is 25.1 Å². The van der Waals surface area contributed by atoms with E-state index in [-0.39, 0.29) is 11.4 Å². The lowest BCUT2D eigenvalue weighted by Crippen LogP contribution is -2.15.